The Morgan fingerprint density at radius 2 is 1.85 bits per heavy atom. The van der Waals surface area contributed by atoms with E-state index in [4.69, 9.17) is 0 Å². The van der Waals surface area contributed by atoms with Crippen LogP contribution in [0.2, 0.25) is 0 Å². The Balaban J connectivity index is 2.66. The van der Waals surface area contributed by atoms with E-state index in [1.165, 1.54) is 11.1 Å². The standard InChI is InChI=1S/C17H19NO2/c1-11(2)14-6-5-12(3)17-15(7-8-18(19)20)9-13(4)16(17)10-14/h5-11H,1-4H3/b8-7+. The van der Waals surface area contributed by atoms with Gasteiger partial charge >= 0.3 is 0 Å². The van der Waals surface area contributed by atoms with Gasteiger partial charge in [-0.15, -0.1) is 0 Å². The van der Waals surface area contributed by atoms with Gasteiger partial charge in [0.25, 0.3) is 0 Å². The molecule has 0 radical (unpaired) electrons. The first-order valence-electron chi connectivity index (χ1n) is 6.75. The molecule has 2 aliphatic carbocycles. The lowest BCUT2D eigenvalue weighted by Crippen LogP contribution is -1.84. The van der Waals surface area contributed by atoms with E-state index in [-0.39, 0.29) is 0 Å². The second-order valence-corrected chi connectivity index (χ2v) is 5.49. The van der Waals surface area contributed by atoms with E-state index < -0.39 is 4.92 Å². The molecule has 0 fully saturated rings. The van der Waals surface area contributed by atoms with Crippen molar-refractivity contribution < 1.29 is 4.92 Å². The van der Waals surface area contributed by atoms with Crippen LogP contribution >= 0.6 is 0 Å². The summed E-state index contributed by atoms with van der Waals surface area (Å²) in [6.07, 6.45) is 2.58. The predicted molar refractivity (Wildman–Crippen MR) is 82.7 cm³/mol. The van der Waals surface area contributed by atoms with Gasteiger partial charge in [-0.05, 0) is 53.1 Å². The lowest BCUT2D eigenvalue weighted by atomic mass is 10.0. The Morgan fingerprint density at radius 3 is 2.45 bits per heavy atom. The van der Waals surface area contributed by atoms with Crippen LogP contribution in [0, 0.1) is 24.0 Å². The molecule has 0 spiro atoms. The molecule has 0 amide bonds. The summed E-state index contributed by atoms with van der Waals surface area (Å²) in [4.78, 5) is 10.1. The highest BCUT2D eigenvalue weighted by Gasteiger charge is 2.15. The van der Waals surface area contributed by atoms with E-state index in [2.05, 4.69) is 45.9 Å². The number of nitrogens with zero attached hydrogens (tertiary/aromatic N) is 1. The van der Waals surface area contributed by atoms with Gasteiger partial charge in [0.1, 0.15) is 0 Å². The second kappa shape index (κ2) is 5.45. The van der Waals surface area contributed by atoms with Crippen molar-refractivity contribution in [3.8, 4) is 11.1 Å². The van der Waals surface area contributed by atoms with Gasteiger partial charge < -0.3 is 0 Å². The minimum atomic E-state index is -0.425. The molecule has 104 valence electrons. The summed E-state index contributed by atoms with van der Waals surface area (Å²) in [5.41, 5.74) is 6.78. The van der Waals surface area contributed by atoms with Crippen LogP contribution in [0.1, 0.15) is 42.0 Å². The lowest BCUT2D eigenvalue weighted by Gasteiger charge is -2.04. The molecule has 0 saturated heterocycles. The van der Waals surface area contributed by atoms with E-state index in [9.17, 15) is 10.1 Å². The van der Waals surface area contributed by atoms with E-state index in [1.54, 1.807) is 6.08 Å². The van der Waals surface area contributed by atoms with Crippen LogP contribution in [0.25, 0.3) is 17.2 Å². The summed E-state index contributed by atoms with van der Waals surface area (Å²) >= 11 is 0. The zero-order valence-corrected chi connectivity index (χ0v) is 12.3. The van der Waals surface area contributed by atoms with Gasteiger partial charge in [-0.3, -0.25) is 10.1 Å². The Bertz CT molecular complexity index is 657. The molecule has 0 bridgehead atoms. The number of hydrogen-bond donors (Lipinski definition) is 0. The highest BCUT2D eigenvalue weighted by atomic mass is 16.6. The molecule has 0 saturated carbocycles. The van der Waals surface area contributed by atoms with Crippen LogP contribution in [0.3, 0.4) is 0 Å². The molecule has 3 heteroatoms. The van der Waals surface area contributed by atoms with Crippen LogP contribution in [-0.2, 0) is 0 Å². The normalized spacial score (nSPS) is 11.7. The van der Waals surface area contributed by atoms with Crippen molar-refractivity contribution in [3.05, 3.63) is 62.8 Å². The molecule has 2 aliphatic rings. The number of nitro groups is 1. The average molecular weight is 269 g/mol. The van der Waals surface area contributed by atoms with Crippen LogP contribution in [0.15, 0.2) is 30.5 Å². The first-order chi connectivity index (χ1) is 9.40. The van der Waals surface area contributed by atoms with Gasteiger partial charge in [0.15, 0.2) is 0 Å². The maximum absolute atomic E-state index is 10.5. The molecule has 0 atom stereocenters. The Hall–Kier alpha value is -2.16. The Kier molecular flexibility index (Phi) is 3.89. The van der Waals surface area contributed by atoms with Crippen LogP contribution in [0.5, 0.6) is 0 Å². The third-order valence-corrected chi connectivity index (χ3v) is 3.63. The number of hydrogen-bond acceptors (Lipinski definition) is 2. The van der Waals surface area contributed by atoms with Crippen molar-refractivity contribution >= 4 is 6.08 Å². The minimum absolute atomic E-state index is 0.425. The Morgan fingerprint density at radius 1 is 1.15 bits per heavy atom. The van der Waals surface area contributed by atoms with Crippen molar-refractivity contribution in [1.82, 2.24) is 0 Å². The predicted octanol–water partition coefficient (Wildman–Crippen LogP) is 4.78. The molecule has 3 nitrogen and oxygen atoms in total. The summed E-state index contributed by atoms with van der Waals surface area (Å²) in [5, 5.41) is 10.5. The number of fused-ring (bicyclic) bond motifs is 1. The largest absolute Gasteiger partial charge is 0.259 e. The maximum Gasteiger partial charge on any atom is 0.235 e. The van der Waals surface area contributed by atoms with Crippen molar-refractivity contribution in [1.29, 1.82) is 0 Å². The van der Waals surface area contributed by atoms with Gasteiger partial charge in [-0.25, -0.2) is 0 Å². The molecule has 0 aromatic rings. The fourth-order valence-electron chi connectivity index (χ4n) is 2.51. The van der Waals surface area contributed by atoms with Gasteiger partial charge in [0, 0.05) is 6.08 Å². The smallest absolute Gasteiger partial charge is 0.235 e. The van der Waals surface area contributed by atoms with E-state index in [0.29, 0.717) is 5.92 Å². The third-order valence-electron chi connectivity index (χ3n) is 3.63. The zero-order valence-electron chi connectivity index (χ0n) is 12.3. The van der Waals surface area contributed by atoms with Gasteiger partial charge in [-0.1, -0.05) is 38.1 Å². The topological polar surface area (TPSA) is 43.1 Å². The molecule has 0 aromatic heterocycles. The van der Waals surface area contributed by atoms with Crippen molar-refractivity contribution in [2.24, 2.45) is 0 Å². The van der Waals surface area contributed by atoms with Gasteiger partial charge in [0.2, 0.25) is 6.20 Å². The summed E-state index contributed by atoms with van der Waals surface area (Å²) in [7, 11) is 0. The first-order valence-corrected chi connectivity index (χ1v) is 6.75. The summed E-state index contributed by atoms with van der Waals surface area (Å²) in [5.74, 6) is 0.456. The van der Waals surface area contributed by atoms with E-state index in [0.717, 1.165) is 28.5 Å². The number of rotatable bonds is 3. The molecule has 0 heterocycles. The summed E-state index contributed by atoms with van der Waals surface area (Å²) in [6, 6.07) is 8.45. The summed E-state index contributed by atoms with van der Waals surface area (Å²) in [6.45, 7) is 8.44. The monoisotopic (exact) mass is 269 g/mol. The molecular formula is C17H19NO2. The van der Waals surface area contributed by atoms with Gasteiger partial charge in [-0.2, -0.15) is 0 Å². The van der Waals surface area contributed by atoms with Crippen molar-refractivity contribution in [2.75, 3.05) is 0 Å². The lowest BCUT2D eigenvalue weighted by molar-refractivity contribution is -0.400. The minimum Gasteiger partial charge on any atom is -0.259 e. The van der Waals surface area contributed by atoms with E-state index in [1.807, 2.05) is 6.07 Å². The fraction of sp³-hybridized carbons (Fsp3) is 0.294. The first kappa shape index (κ1) is 14.3. The maximum atomic E-state index is 10.5. The molecule has 2 rings (SSSR count). The van der Waals surface area contributed by atoms with E-state index >= 15 is 0 Å². The second-order valence-electron chi connectivity index (χ2n) is 5.49. The number of aryl methyl sites for hydroxylation is 2. The fourth-order valence-corrected chi connectivity index (χ4v) is 2.51. The SMILES string of the molecule is Cc1cc(/C=C/[N+](=O)[O-])c2c(C)ccc(C(C)C)cc1-2. The molecule has 0 unspecified atom stereocenters. The molecule has 0 N–H and O–H groups in total. The van der Waals surface area contributed by atoms with Crippen molar-refractivity contribution in [3.63, 3.8) is 0 Å². The highest BCUT2D eigenvalue weighted by Crippen LogP contribution is 2.36. The highest BCUT2D eigenvalue weighted by molar-refractivity contribution is 5.83. The van der Waals surface area contributed by atoms with Gasteiger partial charge in [0.05, 0.1) is 4.92 Å². The average Bonchev–Trinajstić information content (AvgIpc) is 2.55. The Labute approximate surface area is 119 Å². The van der Waals surface area contributed by atoms with Crippen molar-refractivity contribution in [2.45, 2.75) is 33.6 Å². The van der Waals surface area contributed by atoms with Crippen LogP contribution in [0.4, 0.5) is 0 Å². The quantitative estimate of drug-likeness (QED) is 0.594. The molecule has 0 aromatic carbocycles. The zero-order chi connectivity index (χ0) is 14.9. The van der Waals surface area contributed by atoms with Crippen LogP contribution < -0.4 is 0 Å². The molecular weight excluding hydrogens is 250 g/mol. The molecule has 20 heavy (non-hydrogen) atoms. The van der Waals surface area contributed by atoms with Crippen LogP contribution in [-0.4, -0.2) is 4.92 Å². The summed E-state index contributed by atoms with van der Waals surface area (Å²) < 4.78 is 0. The third kappa shape index (κ3) is 2.72. The molecule has 0 aliphatic heterocycles.